The normalized spacial score (nSPS) is 51.2. The highest BCUT2D eigenvalue weighted by atomic mass is 16.5. The lowest BCUT2D eigenvalue weighted by Crippen LogP contribution is -2.53. The maximum Gasteiger partial charge on any atom is 0.303 e. The van der Waals surface area contributed by atoms with Crippen molar-refractivity contribution in [1.82, 2.24) is 0 Å². The Balaban J connectivity index is 1.66. The van der Waals surface area contributed by atoms with E-state index in [0.29, 0.717) is 17.8 Å². The summed E-state index contributed by atoms with van der Waals surface area (Å²) in [5, 5.41) is 11.0. The number of fused-ring (bicyclic) bond motifs is 5. The van der Waals surface area contributed by atoms with E-state index < -0.39 is 5.60 Å². The molecule has 0 radical (unpaired) electrons. The van der Waals surface area contributed by atoms with Gasteiger partial charge in [0, 0.05) is 6.92 Å². The molecule has 2 saturated carbocycles. The molecule has 0 aromatic heterocycles. The number of hydrogen-bond acceptors (Lipinski definition) is 3. The lowest BCUT2D eigenvalue weighted by Gasteiger charge is -2.57. The third kappa shape index (κ3) is 2.38. The zero-order valence-electron chi connectivity index (χ0n) is 16.0. The SMILES string of the molecule is CC(=O)O[C@H]1C=C2C=C[C@@H]3[C@H](CC[C@@]4(C)[C@H]3CC[C@@]4(C)O)[C@@]2(C)CC1. The van der Waals surface area contributed by atoms with Crippen LogP contribution in [0.2, 0.25) is 0 Å². The quantitative estimate of drug-likeness (QED) is 0.717. The summed E-state index contributed by atoms with van der Waals surface area (Å²) in [6, 6.07) is 0. The predicted molar refractivity (Wildman–Crippen MR) is 97.8 cm³/mol. The third-order valence-corrected chi connectivity index (χ3v) is 8.50. The summed E-state index contributed by atoms with van der Waals surface area (Å²) in [6.45, 7) is 8.28. The van der Waals surface area contributed by atoms with E-state index in [2.05, 4.69) is 39.0 Å². The number of hydrogen-bond donors (Lipinski definition) is 1. The first-order valence-corrected chi connectivity index (χ1v) is 9.97. The Morgan fingerprint density at radius 2 is 1.84 bits per heavy atom. The fourth-order valence-electron chi connectivity index (χ4n) is 6.68. The molecule has 4 rings (SSSR count). The van der Waals surface area contributed by atoms with Crippen LogP contribution in [-0.2, 0) is 9.53 Å². The van der Waals surface area contributed by atoms with Crippen molar-refractivity contribution in [2.45, 2.75) is 77.9 Å². The van der Waals surface area contributed by atoms with Crippen LogP contribution in [-0.4, -0.2) is 22.8 Å². The summed E-state index contributed by atoms with van der Waals surface area (Å²) in [4.78, 5) is 11.3. The van der Waals surface area contributed by atoms with Crippen LogP contribution in [0.25, 0.3) is 0 Å². The second-order valence-corrected chi connectivity index (χ2v) is 9.64. The minimum Gasteiger partial charge on any atom is -0.458 e. The zero-order chi connectivity index (χ0) is 18.0. The van der Waals surface area contributed by atoms with Crippen LogP contribution >= 0.6 is 0 Å². The summed E-state index contributed by atoms with van der Waals surface area (Å²) in [7, 11) is 0. The maximum atomic E-state index is 11.3. The summed E-state index contributed by atoms with van der Waals surface area (Å²) in [5.74, 6) is 1.61. The average Bonchev–Trinajstić information content (AvgIpc) is 2.77. The molecule has 0 amide bonds. The van der Waals surface area contributed by atoms with Crippen molar-refractivity contribution in [3.63, 3.8) is 0 Å². The van der Waals surface area contributed by atoms with E-state index in [4.69, 9.17) is 4.74 Å². The van der Waals surface area contributed by atoms with Crippen LogP contribution in [0.4, 0.5) is 0 Å². The Hall–Kier alpha value is -1.09. The highest BCUT2D eigenvalue weighted by Gasteiger charge is 2.61. The smallest absolute Gasteiger partial charge is 0.303 e. The highest BCUT2D eigenvalue weighted by molar-refractivity contribution is 5.66. The molecule has 1 N–H and O–H groups in total. The molecule has 0 aliphatic heterocycles. The van der Waals surface area contributed by atoms with Gasteiger partial charge in [0.15, 0.2) is 0 Å². The monoisotopic (exact) mass is 344 g/mol. The fourth-order valence-corrected chi connectivity index (χ4v) is 6.68. The van der Waals surface area contributed by atoms with Crippen molar-refractivity contribution in [2.24, 2.45) is 28.6 Å². The lowest BCUT2D eigenvalue weighted by atomic mass is 9.48. The van der Waals surface area contributed by atoms with Gasteiger partial charge in [0.1, 0.15) is 6.10 Å². The van der Waals surface area contributed by atoms with Crippen LogP contribution in [0.15, 0.2) is 23.8 Å². The molecule has 3 nitrogen and oxygen atoms in total. The number of ether oxygens (including phenoxy) is 1. The summed E-state index contributed by atoms with van der Waals surface area (Å²) >= 11 is 0. The number of aliphatic hydroxyl groups is 1. The van der Waals surface area contributed by atoms with Crippen LogP contribution in [0, 0.1) is 28.6 Å². The molecular formula is C22H32O3. The van der Waals surface area contributed by atoms with Crippen LogP contribution in [0.3, 0.4) is 0 Å². The van der Waals surface area contributed by atoms with Gasteiger partial charge < -0.3 is 9.84 Å². The molecule has 0 bridgehead atoms. The van der Waals surface area contributed by atoms with Gasteiger partial charge in [-0.1, -0.05) is 26.0 Å². The second kappa shape index (κ2) is 5.45. The first-order chi connectivity index (χ1) is 11.7. The van der Waals surface area contributed by atoms with Gasteiger partial charge >= 0.3 is 5.97 Å². The van der Waals surface area contributed by atoms with Crippen molar-refractivity contribution < 1.29 is 14.6 Å². The number of esters is 1. The highest BCUT2D eigenvalue weighted by Crippen LogP contribution is 2.66. The number of allylic oxidation sites excluding steroid dienone is 3. The average molecular weight is 344 g/mol. The van der Waals surface area contributed by atoms with Crippen LogP contribution in [0.5, 0.6) is 0 Å². The Bertz CT molecular complexity index is 646. The van der Waals surface area contributed by atoms with Crippen LogP contribution in [0.1, 0.15) is 66.2 Å². The molecule has 0 aromatic rings. The first-order valence-electron chi connectivity index (χ1n) is 9.97. The van der Waals surface area contributed by atoms with Crippen molar-refractivity contribution in [3.8, 4) is 0 Å². The van der Waals surface area contributed by atoms with Gasteiger partial charge in [-0.15, -0.1) is 0 Å². The van der Waals surface area contributed by atoms with Crippen LogP contribution < -0.4 is 0 Å². The molecule has 0 heterocycles. The van der Waals surface area contributed by atoms with E-state index in [-0.39, 0.29) is 22.9 Å². The van der Waals surface area contributed by atoms with Crippen molar-refractivity contribution >= 4 is 5.97 Å². The Labute approximate surface area is 151 Å². The molecular weight excluding hydrogens is 312 g/mol. The van der Waals surface area contributed by atoms with Crippen molar-refractivity contribution in [2.75, 3.05) is 0 Å². The van der Waals surface area contributed by atoms with Gasteiger partial charge in [0.2, 0.25) is 0 Å². The largest absolute Gasteiger partial charge is 0.458 e. The number of carbonyl (C=O) groups excluding carboxylic acids is 1. The summed E-state index contributed by atoms with van der Waals surface area (Å²) in [5.41, 5.74) is 1.07. The maximum absolute atomic E-state index is 11.3. The van der Waals surface area contributed by atoms with Gasteiger partial charge in [-0.3, -0.25) is 4.79 Å². The third-order valence-electron chi connectivity index (χ3n) is 8.50. The predicted octanol–water partition coefficient (Wildman–Crippen LogP) is 4.41. The van der Waals surface area contributed by atoms with Gasteiger partial charge in [-0.25, -0.2) is 0 Å². The first kappa shape index (κ1) is 17.3. The van der Waals surface area contributed by atoms with E-state index in [0.717, 1.165) is 32.1 Å². The molecule has 138 valence electrons. The van der Waals surface area contributed by atoms with Gasteiger partial charge in [0.25, 0.3) is 0 Å². The van der Waals surface area contributed by atoms with E-state index in [1.54, 1.807) is 0 Å². The van der Waals surface area contributed by atoms with E-state index in [9.17, 15) is 9.90 Å². The topological polar surface area (TPSA) is 46.5 Å². The molecule has 25 heavy (non-hydrogen) atoms. The molecule has 4 aliphatic carbocycles. The Kier molecular flexibility index (Phi) is 3.78. The molecule has 7 atom stereocenters. The molecule has 0 aromatic carbocycles. The molecule has 2 fully saturated rings. The number of carbonyl (C=O) groups is 1. The standard InChI is InChI=1S/C22H32O3/c1-14(23)25-16-7-10-20(2)15(13-16)5-6-17-18(20)8-11-21(3)19(17)9-12-22(21,4)24/h5-6,13,16-19,24H,7-12H2,1-4H3/t16-,17-,18+,19+,20+,21+,22-/m1/s1. The van der Waals surface area contributed by atoms with E-state index in [1.165, 1.54) is 18.9 Å². The van der Waals surface area contributed by atoms with Crippen molar-refractivity contribution in [3.05, 3.63) is 23.8 Å². The van der Waals surface area contributed by atoms with Crippen molar-refractivity contribution in [1.29, 1.82) is 0 Å². The summed E-state index contributed by atoms with van der Waals surface area (Å²) in [6.07, 6.45) is 13.2. The summed E-state index contributed by atoms with van der Waals surface area (Å²) < 4.78 is 5.45. The molecule has 0 spiro atoms. The second-order valence-electron chi connectivity index (χ2n) is 9.64. The minimum atomic E-state index is -0.527. The minimum absolute atomic E-state index is 0.0467. The van der Waals surface area contributed by atoms with Gasteiger partial charge in [0.05, 0.1) is 5.60 Å². The molecule has 0 saturated heterocycles. The fraction of sp³-hybridized carbons (Fsp3) is 0.773. The van der Waals surface area contributed by atoms with E-state index >= 15 is 0 Å². The Morgan fingerprint density at radius 3 is 2.56 bits per heavy atom. The molecule has 3 heteroatoms. The van der Waals surface area contributed by atoms with Gasteiger partial charge in [-0.05, 0) is 85.7 Å². The Morgan fingerprint density at radius 1 is 1.12 bits per heavy atom. The lowest BCUT2D eigenvalue weighted by molar-refractivity contribution is -0.145. The van der Waals surface area contributed by atoms with E-state index in [1.807, 2.05) is 0 Å². The number of rotatable bonds is 1. The zero-order valence-corrected chi connectivity index (χ0v) is 16.0. The molecule has 4 aliphatic rings. The molecule has 0 unspecified atom stereocenters. The van der Waals surface area contributed by atoms with Gasteiger partial charge in [-0.2, -0.15) is 0 Å².